The van der Waals surface area contributed by atoms with E-state index in [4.69, 9.17) is 11.5 Å². The van der Waals surface area contributed by atoms with E-state index in [1.54, 1.807) is 12.1 Å². The summed E-state index contributed by atoms with van der Waals surface area (Å²) in [6, 6.07) is 5.34. The minimum absolute atomic E-state index is 0.250. The van der Waals surface area contributed by atoms with Gasteiger partial charge in [-0.05, 0) is 37.5 Å². The lowest BCUT2D eigenvalue weighted by molar-refractivity contribution is 0.100. The Kier molecular flexibility index (Phi) is 3.07. The molecule has 1 aliphatic heterocycles. The minimum Gasteiger partial charge on any atom is -0.368 e. The third kappa shape index (κ3) is 2.25. The number of nitrogen functional groups attached to an aromatic ring is 1. The van der Waals surface area contributed by atoms with Gasteiger partial charge in [-0.25, -0.2) is 0 Å². The highest BCUT2D eigenvalue weighted by Gasteiger charge is 2.20. The largest absolute Gasteiger partial charge is 0.368 e. The molecule has 0 radical (unpaired) electrons. The molecule has 5 N–H and O–H groups in total. The predicted molar refractivity (Wildman–Crippen MR) is 90.4 cm³/mol. The number of fused-ring (bicyclic) bond motifs is 3. The fourth-order valence-corrected chi connectivity index (χ4v) is 3.28. The fourth-order valence-electron chi connectivity index (χ4n) is 3.28. The van der Waals surface area contributed by atoms with Crippen molar-refractivity contribution >= 4 is 39.6 Å². The average molecular weight is 310 g/mol. The number of aromatic nitrogens is 3. The molecule has 0 unspecified atom stereocenters. The molecule has 1 fully saturated rings. The summed E-state index contributed by atoms with van der Waals surface area (Å²) in [5.41, 5.74) is 13.4. The molecule has 3 aromatic rings. The van der Waals surface area contributed by atoms with Crippen LogP contribution in [0, 0.1) is 0 Å². The van der Waals surface area contributed by atoms with Gasteiger partial charge in [-0.2, -0.15) is 9.97 Å². The van der Waals surface area contributed by atoms with Crippen molar-refractivity contribution < 1.29 is 4.79 Å². The SMILES string of the molecule is NC(=O)c1ccc2[nH]c3nc(N)nc(N4CCCCC4)c3c2c1. The number of rotatable bonds is 2. The van der Waals surface area contributed by atoms with Crippen molar-refractivity contribution in [3.63, 3.8) is 0 Å². The van der Waals surface area contributed by atoms with E-state index < -0.39 is 5.91 Å². The van der Waals surface area contributed by atoms with E-state index >= 15 is 0 Å². The molecule has 0 bridgehead atoms. The van der Waals surface area contributed by atoms with Crippen LogP contribution in [-0.2, 0) is 0 Å². The number of amides is 1. The number of carbonyl (C=O) groups excluding carboxylic acids is 1. The molecule has 4 rings (SSSR count). The van der Waals surface area contributed by atoms with E-state index in [1.165, 1.54) is 6.42 Å². The molecule has 1 aromatic carbocycles. The first kappa shape index (κ1) is 13.8. The Bertz CT molecular complexity index is 910. The maximum atomic E-state index is 11.5. The van der Waals surface area contributed by atoms with Gasteiger partial charge in [0.25, 0.3) is 0 Å². The summed E-state index contributed by atoms with van der Waals surface area (Å²) < 4.78 is 0. The number of carbonyl (C=O) groups is 1. The van der Waals surface area contributed by atoms with Crippen molar-refractivity contribution in [1.29, 1.82) is 0 Å². The molecule has 0 atom stereocenters. The lowest BCUT2D eigenvalue weighted by Gasteiger charge is -2.28. The molecule has 1 aliphatic rings. The topological polar surface area (TPSA) is 114 Å². The van der Waals surface area contributed by atoms with Crippen molar-refractivity contribution in [2.45, 2.75) is 19.3 Å². The normalized spacial score (nSPS) is 15.4. The standard InChI is InChI=1S/C16H18N6O/c17-13(23)9-4-5-11-10(8-9)12-14(19-11)20-16(18)21-15(12)22-6-2-1-3-7-22/h4-5,8H,1-3,6-7H2,(H2,17,23)(H3,18,19,20,21). The molecule has 1 saturated heterocycles. The van der Waals surface area contributed by atoms with Crippen molar-refractivity contribution in [2.75, 3.05) is 23.7 Å². The zero-order chi connectivity index (χ0) is 16.0. The highest BCUT2D eigenvalue weighted by atomic mass is 16.1. The lowest BCUT2D eigenvalue weighted by Crippen LogP contribution is -2.30. The Morgan fingerprint density at radius 3 is 2.70 bits per heavy atom. The summed E-state index contributed by atoms with van der Waals surface area (Å²) in [5.74, 6) is 0.636. The highest BCUT2D eigenvalue weighted by Crippen LogP contribution is 2.33. The van der Waals surface area contributed by atoms with Crippen LogP contribution in [0.2, 0.25) is 0 Å². The van der Waals surface area contributed by atoms with Crippen LogP contribution in [0.5, 0.6) is 0 Å². The van der Waals surface area contributed by atoms with E-state index in [1.807, 2.05) is 6.07 Å². The number of nitrogens with one attached hydrogen (secondary N) is 1. The second-order valence-corrected chi connectivity index (χ2v) is 5.93. The Hall–Kier alpha value is -2.83. The van der Waals surface area contributed by atoms with Crippen LogP contribution in [0.3, 0.4) is 0 Å². The second kappa shape index (κ2) is 5.12. The van der Waals surface area contributed by atoms with Crippen LogP contribution in [0.25, 0.3) is 21.9 Å². The summed E-state index contributed by atoms with van der Waals surface area (Å²) in [5, 5.41) is 1.80. The number of hydrogen-bond donors (Lipinski definition) is 3. The fraction of sp³-hybridized carbons (Fsp3) is 0.312. The zero-order valence-electron chi connectivity index (χ0n) is 12.7. The first-order valence-corrected chi connectivity index (χ1v) is 7.77. The third-order valence-corrected chi connectivity index (χ3v) is 4.39. The molecule has 0 saturated carbocycles. The number of anilines is 2. The van der Waals surface area contributed by atoms with Gasteiger partial charge in [0.1, 0.15) is 11.5 Å². The summed E-state index contributed by atoms with van der Waals surface area (Å²) in [6.07, 6.45) is 3.51. The minimum atomic E-state index is -0.447. The maximum absolute atomic E-state index is 11.5. The molecular formula is C16H18N6O. The van der Waals surface area contributed by atoms with E-state index in [-0.39, 0.29) is 5.95 Å². The molecule has 0 spiro atoms. The van der Waals surface area contributed by atoms with Crippen LogP contribution in [0.15, 0.2) is 18.2 Å². The summed E-state index contributed by atoms with van der Waals surface area (Å²) in [4.78, 5) is 25.8. The molecule has 0 aliphatic carbocycles. The van der Waals surface area contributed by atoms with Gasteiger partial charge in [0.2, 0.25) is 11.9 Å². The molecule has 7 nitrogen and oxygen atoms in total. The number of H-pyrrole nitrogens is 1. The van der Waals surface area contributed by atoms with Crippen LogP contribution in [0.1, 0.15) is 29.6 Å². The zero-order valence-corrected chi connectivity index (χ0v) is 12.7. The number of nitrogens with two attached hydrogens (primary N) is 2. The number of benzene rings is 1. The molecule has 1 amide bonds. The van der Waals surface area contributed by atoms with E-state index in [0.717, 1.165) is 48.0 Å². The predicted octanol–water partition coefficient (Wildman–Crippen LogP) is 1.78. The first-order chi connectivity index (χ1) is 11.1. The number of piperidine rings is 1. The summed E-state index contributed by atoms with van der Waals surface area (Å²) >= 11 is 0. The van der Waals surface area contributed by atoms with Gasteiger partial charge >= 0.3 is 0 Å². The summed E-state index contributed by atoms with van der Waals surface area (Å²) in [7, 11) is 0. The highest BCUT2D eigenvalue weighted by molar-refractivity contribution is 6.13. The van der Waals surface area contributed by atoms with Crippen molar-refractivity contribution in [1.82, 2.24) is 15.0 Å². The van der Waals surface area contributed by atoms with Gasteiger partial charge in [0.15, 0.2) is 0 Å². The van der Waals surface area contributed by atoms with Gasteiger partial charge in [-0.1, -0.05) is 0 Å². The van der Waals surface area contributed by atoms with Crippen LogP contribution in [-0.4, -0.2) is 33.9 Å². The third-order valence-electron chi connectivity index (χ3n) is 4.39. The molecular weight excluding hydrogens is 292 g/mol. The van der Waals surface area contributed by atoms with Gasteiger partial charge in [-0.3, -0.25) is 4.79 Å². The van der Waals surface area contributed by atoms with Gasteiger partial charge < -0.3 is 21.4 Å². The lowest BCUT2D eigenvalue weighted by atomic mass is 10.1. The molecule has 2 aromatic heterocycles. The maximum Gasteiger partial charge on any atom is 0.248 e. The molecule has 3 heterocycles. The van der Waals surface area contributed by atoms with Crippen LogP contribution in [0.4, 0.5) is 11.8 Å². The Morgan fingerprint density at radius 1 is 1.17 bits per heavy atom. The molecule has 23 heavy (non-hydrogen) atoms. The smallest absolute Gasteiger partial charge is 0.248 e. The van der Waals surface area contributed by atoms with Crippen LogP contribution < -0.4 is 16.4 Å². The monoisotopic (exact) mass is 310 g/mol. The Labute approximate surface area is 132 Å². The first-order valence-electron chi connectivity index (χ1n) is 7.77. The van der Waals surface area contributed by atoms with Gasteiger partial charge in [-0.15, -0.1) is 0 Å². The number of nitrogens with zero attached hydrogens (tertiary/aromatic N) is 3. The van der Waals surface area contributed by atoms with Crippen molar-refractivity contribution in [3.8, 4) is 0 Å². The van der Waals surface area contributed by atoms with Gasteiger partial charge in [0.05, 0.1) is 5.39 Å². The van der Waals surface area contributed by atoms with Crippen LogP contribution >= 0.6 is 0 Å². The van der Waals surface area contributed by atoms with Crippen molar-refractivity contribution in [3.05, 3.63) is 23.8 Å². The summed E-state index contributed by atoms with van der Waals surface area (Å²) in [6.45, 7) is 1.90. The second-order valence-electron chi connectivity index (χ2n) is 5.93. The van der Waals surface area contributed by atoms with Crippen molar-refractivity contribution in [2.24, 2.45) is 5.73 Å². The number of primary amides is 1. The van der Waals surface area contributed by atoms with E-state index in [2.05, 4.69) is 19.9 Å². The van der Waals surface area contributed by atoms with E-state index in [9.17, 15) is 4.79 Å². The molecule has 118 valence electrons. The quantitative estimate of drug-likeness (QED) is 0.667. The molecule has 7 heteroatoms. The number of aromatic amines is 1. The van der Waals surface area contributed by atoms with E-state index in [0.29, 0.717) is 11.2 Å². The Morgan fingerprint density at radius 2 is 1.96 bits per heavy atom. The number of hydrogen-bond acceptors (Lipinski definition) is 5. The van der Waals surface area contributed by atoms with Gasteiger partial charge in [0, 0.05) is 29.6 Å². The Balaban J connectivity index is 2.01. The average Bonchev–Trinajstić information content (AvgIpc) is 2.91.